The Morgan fingerprint density at radius 2 is 2.04 bits per heavy atom. The summed E-state index contributed by atoms with van der Waals surface area (Å²) in [5, 5.41) is 0. The number of likely N-dealkylation sites (tertiary alicyclic amines) is 1. The van der Waals surface area contributed by atoms with Gasteiger partial charge >= 0.3 is 5.69 Å². The average Bonchev–Trinajstić information content (AvgIpc) is 3.23. The van der Waals surface area contributed by atoms with Gasteiger partial charge < -0.3 is 4.90 Å². The van der Waals surface area contributed by atoms with E-state index in [1.807, 2.05) is 17.0 Å². The molecule has 25 heavy (non-hydrogen) atoms. The van der Waals surface area contributed by atoms with Crippen molar-refractivity contribution in [2.24, 2.45) is 13.0 Å². The second-order valence-corrected chi connectivity index (χ2v) is 7.55. The third-order valence-electron chi connectivity index (χ3n) is 5.90. The number of rotatable bonds is 3. The molecule has 0 spiro atoms. The highest BCUT2D eigenvalue weighted by Crippen LogP contribution is 2.30. The van der Waals surface area contributed by atoms with E-state index in [9.17, 15) is 9.59 Å². The van der Waals surface area contributed by atoms with Crippen LogP contribution in [-0.4, -0.2) is 38.0 Å². The summed E-state index contributed by atoms with van der Waals surface area (Å²) >= 11 is 0. The molecular weight excluding hydrogens is 316 g/mol. The smallest absolute Gasteiger partial charge is 0.330 e. The normalized spacial score (nSPS) is 22.0. The number of carbonyl (C=O) groups is 1. The van der Waals surface area contributed by atoms with Gasteiger partial charge in [-0.15, -0.1) is 0 Å². The molecule has 2 fully saturated rings. The van der Waals surface area contributed by atoms with Crippen molar-refractivity contribution in [3.8, 4) is 0 Å². The van der Waals surface area contributed by atoms with Crippen molar-refractivity contribution >= 4 is 17.1 Å². The van der Waals surface area contributed by atoms with Gasteiger partial charge in [0, 0.05) is 32.8 Å². The van der Waals surface area contributed by atoms with E-state index in [1.165, 1.54) is 25.7 Å². The van der Waals surface area contributed by atoms with Crippen LogP contribution in [0.25, 0.3) is 11.2 Å². The van der Waals surface area contributed by atoms with Gasteiger partial charge in [-0.2, -0.15) is 0 Å². The molecular formula is C19H26N4O2. The van der Waals surface area contributed by atoms with E-state index >= 15 is 0 Å². The molecule has 2 aromatic heterocycles. The summed E-state index contributed by atoms with van der Waals surface area (Å²) in [5.41, 5.74) is 1.54. The topological polar surface area (TPSA) is 60.1 Å². The van der Waals surface area contributed by atoms with Gasteiger partial charge in [0.1, 0.15) is 0 Å². The van der Waals surface area contributed by atoms with E-state index in [1.54, 1.807) is 22.4 Å². The van der Waals surface area contributed by atoms with E-state index < -0.39 is 0 Å². The summed E-state index contributed by atoms with van der Waals surface area (Å²) in [5.74, 6) is 0.827. The third-order valence-corrected chi connectivity index (χ3v) is 5.90. The molecule has 2 aromatic rings. The van der Waals surface area contributed by atoms with Crippen molar-refractivity contribution in [1.82, 2.24) is 19.0 Å². The van der Waals surface area contributed by atoms with Crippen LogP contribution in [0.5, 0.6) is 0 Å². The number of aryl methyl sites for hydroxylation is 1. The number of nitrogens with zero attached hydrogens (tertiary/aromatic N) is 4. The standard InChI is InChI=1S/C19H26N4O2/c1-21-16-9-4-10-20-18(16)23(19(21)25)15-8-5-11-22(13-15)17(24)12-14-6-2-3-7-14/h4,9-10,14-15H,2-3,5-8,11-13H2,1H3/t15-/m0/s1. The predicted octanol–water partition coefficient (Wildman–Crippen LogP) is 2.48. The summed E-state index contributed by atoms with van der Waals surface area (Å²) < 4.78 is 3.45. The second-order valence-electron chi connectivity index (χ2n) is 7.55. The van der Waals surface area contributed by atoms with Crippen LogP contribution in [0.4, 0.5) is 0 Å². The number of fused-ring (bicyclic) bond motifs is 1. The number of imidazole rings is 1. The molecule has 4 rings (SSSR count). The van der Waals surface area contributed by atoms with E-state index in [2.05, 4.69) is 4.98 Å². The Kier molecular flexibility index (Phi) is 4.36. The van der Waals surface area contributed by atoms with Crippen LogP contribution < -0.4 is 5.69 Å². The number of carbonyl (C=O) groups excluding carboxylic acids is 1. The van der Waals surface area contributed by atoms with Gasteiger partial charge in [0.15, 0.2) is 5.65 Å². The average molecular weight is 342 g/mol. The fourth-order valence-corrected chi connectivity index (χ4v) is 4.50. The first-order valence-electron chi connectivity index (χ1n) is 9.45. The van der Waals surface area contributed by atoms with E-state index in [0.717, 1.165) is 30.6 Å². The molecule has 6 nitrogen and oxygen atoms in total. The van der Waals surface area contributed by atoms with Crippen molar-refractivity contribution < 1.29 is 4.79 Å². The van der Waals surface area contributed by atoms with Crippen LogP contribution in [0.3, 0.4) is 0 Å². The maximum atomic E-state index is 12.7. The zero-order valence-corrected chi connectivity index (χ0v) is 14.9. The number of hydrogen-bond acceptors (Lipinski definition) is 3. The molecule has 134 valence electrons. The van der Waals surface area contributed by atoms with Crippen LogP contribution in [-0.2, 0) is 11.8 Å². The number of pyridine rings is 1. The minimum absolute atomic E-state index is 0.0207. The van der Waals surface area contributed by atoms with Crippen molar-refractivity contribution in [1.29, 1.82) is 0 Å². The molecule has 6 heteroatoms. The van der Waals surface area contributed by atoms with Crippen LogP contribution in [0, 0.1) is 5.92 Å². The van der Waals surface area contributed by atoms with Gasteiger partial charge in [0.25, 0.3) is 0 Å². The van der Waals surface area contributed by atoms with Crippen LogP contribution in [0.1, 0.15) is 51.0 Å². The lowest BCUT2D eigenvalue weighted by Gasteiger charge is -2.33. The second kappa shape index (κ2) is 6.65. The van der Waals surface area contributed by atoms with Crippen molar-refractivity contribution in [2.75, 3.05) is 13.1 Å². The molecule has 0 aromatic carbocycles. The highest BCUT2D eigenvalue weighted by atomic mass is 16.2. The maximum Gasteiger partial charge on any atom is 0.330 e. The third kappa shape index (κ3) is 2.98. The maximum absolute atomic E-state index is 12.7. The summed E-state index contributed by atoms with van der Waals surface area (Å²) in [4.78, 5) is 31.8. The predicted molar refractivity (Wildman–Crippen MR) is 96.4 cm³/mol. The lowest BCUT2D eigenvalue weighted by molar-refractivity contribution is -0.133. The minimum Gasteiger partial charge on any atom is -0.341 e. The molecule has 1 atom stereocenters. The Morgan fingerprint density at radius 1 is 1.24 bits per heavy atom. The lowest BCUT2D eigenvalue weighted by Crippen LogP contribution is -2.43. The van der Waals surface area contributed by atoms with Gasteiger partial charge in [-0.3, -0.25) is 13.9 Å². The van der Waals surface area contributed by atoms with E-state index in [4.69, 9.17) is 0 Å². The summed E-state index contributed by atoms with van der Waals surface area (Å²) in [6.45, 7) is 1.44. The molecule has 3 heterocycles. The molecule has 0 radical (unpaired) electrons. The van der Waals surface area contributed by atoms with Crippen LogP contribution >= 0.6 is 0 Å². The van der Waals surface area contributed by atoms with Gasteiger partial charge in [-0.25, -0.2) is 9.78 Å². The monoisotopic (exact) mass is 342 g/mol. The largest absolute Gasteiger partial charge is 0.341 e. The van der Waals surface area contributed by atoms with Gasteiger partial charge in [-0.1, -0.05) is 12.8 Å². The first-order chi connectivity index (χ1) is 12.1. The quantitative estimate of drug-likeness (QED) is 0.861. The van der Waals surface area contributed by atoms with E-state index in [0.29, 0.717) is 18.9 Å². The highest BCUT2D eigenvalue weighted by molar-refractivity contribution is 5.76. The number of aromatic nitrogens is 3. The molecule has 1 amide bonds. The zero-order chi connectivity index (χ0) is 17.4. The molecule has 1 aliphatic carbocycles. The number of piperidine rings is 1. The summed E-state index contributed by atoms with van der Waals surface area (Å²) in [6, 6.07) is 3.80. The summed E-state index contributed by atoms with van der Waals surface area (Å²) in [7, 11) is 1.79. The Morgan fingerprint density at radius 3 is 2.84 bits per heavy atom. The van der Waals surface area contributed by atoms with E-state index in [-0.39, 0.29) is 17.6 Å². The van der Waals surface area contributed by atoms with Gasteiger partial charge in [-0.05, 0) is 43.7 Å². The SMILES string of the molecule is Cn1c(=O)n([C@H]2CCCN(C(=O)CC3CCCC3)C2)c2ncccc21. The molecule has 0 bridgehead atoms. The first-order valence-corrected chi connectivity index (χ1v) is 9.45. The highest BCUT2D eigenvalue weighted by Gasteiger charge is 2.29. The fourth-order valence-electron chi connectivity index (χ4n) is 4.50. The molecule has 1 saturated carbocycles. The Balaban J connectivity index is 1.56. The number of hydrogen-bond donors (Lipinski definition) is 0. The molecule has 2 aliphatic rings. The van der Waals surface area contributed by atoms with Gasteiger partial charge in [0.05, 0.1) is 11.6 Å². The van der Waals surface area contributed by atoms with Crippen LogP contribution in [0.2, 0.25) is 0 Å². The van der Waals surface area contributed by atoms with Gasteiger partial charge in [0.2, 0.25) is 5.91 Å². The minimum atomic E-state index is -0.0382. The molecule has 1 saturated heterocycles. The number of amides is 1. The van der Waals surface area contributed by atoms with Crippen LogP contribution in [0.15, 0.2) is 23.1 Å². The lowest BCUT2D eigenvalue weighted by atomic mass is 10.0. The van der Waals surface area contributed by atoms with Crippen molar-refractivity contribution in [3.63, 3.8) is 0 Å². The molecule has 0 N–H and O–H groups in total. The first kappa shape index (κ1) is 16.4. The Bertz CT molecular complexity index is 832. The zero-order valence-electron chi connectivity index (χ0n) is 14.9. The summed E-state index contributed by atoms with van der Waals surface area (Å²) in [6.07, 6.45) is 9.17. The Hall–Kier alpha value is -2.11. The Labute approximate surface area is 147 Å². The fraction of sp³-hybridized carbons (Fsp3) is 0.632. The van der Waals surface area contributed by atoms with Crippen molar-refractivity contribution in [3.05, 3.63) is 28.8 Å². The molecule has 0 unspecified atom stereocenters. The van der Waals surface area contributed by atoms with Crippen molar-refractivity contribution in [2.45, 2.75) is 51.0 Å². The molecule has 1 aliphatic heterocycles.